The first-order valence-corrected chi connectivity index (χ1v) is 13.8. The average molecular weight is 566 g/mol. The summed E-state index contributed by atoms with van der Waals surface area (Å²) in [6, 6.07) is 13.7. The second-order valence-electron chi connectivity index (χ2n) is 10.6. The largest absolute Gasteiger partial charge is 0.380 e. The van der Waals surface area contributed by atoms with Crippen molar-refractivity contribution in [2.45, 2.75) is 49.8 Å². The normalized spacial score (nSPS) is 20.1. The fraction of sp³-hybridized carbons (Fsp3) is 0.367. The van der Waals surface area contributed by atoms with Crippen LogP contribution in [0.5, 0.6) is 0 Å². The van der Waals surface area contributed by atoms with Gasteiger partial charge in [-0.25, -0.2) is 9.18 Å². The van der Waals surface area contributed by atoms with E-state index >= 15 is 4.39 Å². The average Bonchev–Trinajstić information content (AvgIpc) is 3.70. The highest BCUT2D eigenvalue weighted by Gasteiger charge is 2.40. The molecule has 3 amide bonds. The molecule has 4 N–H and O–H groups in total. The number of rotatable bonds is 9. The summed E-state index contributed by atoms with van der Waals surface area (Å²) in [6.45, 7) is 0.214. The maximum Gasteiger partial charge on any atom is 0.322 e. The Hall–Kier alpha value is -3.53. The van der Waals surface area contributed by atoms with Crippen molar-refractivity contribution in [3.05, 3.63) is 89.0 Å². The number of carbonyl (C=O) groups excluding carboxylic acids is 2. The Morgan fingerprint density at radius 2 is 1.82 bits per heavy atom. The van der Waals surface area contributed by atoms with E-state index < -0.39 is 29.3 Å². The van der Waals surface area contributed by atoms with E-state index in [0.29, 0.717) is 28.6 Å². The van der Waals surface area contributed by atoms with E-state index in [1.807, 2.05) is 12.1 Å². The molecule has 0 radical (unpaired) electrons. The molecule has 1 unspecified atom stereocenters. The summed E-state index contributed by atoms with van der Waals surface area (Å²) in [5, 5.41) is 6.05. The summed E-state index contributed by atoms with van der Waals surface area (Å²) in [5.74, 6) is -0.438. The Kier molecular flexibility index (Phi) is 8.35. The number of pyridine rings is 1. The SMILES string of the molecule is CO[C@@H]1C[C@H](C(=O)Nc2cc(C(N)(CCC3CC3)c3ccncc3)ccc2F)N(C(=O)Nc2ccc(Cl)cc2)C1. The molecule has 3 atom stereocenters. The lowest BCUT2D eigenvalue weighted by Gasteiger charge is -2.31. The molecule has 2 aromatic carbocycles. The Morgan fingerprint density at radius 3 is 2.50 bits per heavy atom. The molecule has 1 aromatic heterocycles. The number of aromatic nitrogens is 1. The zero-order chi connectivity index (χ0) is 28.3. The maximum absolute atomic E-state index is 15.1. The van der Waals surface area contributed by atoms with Crippen LogP contribution >= 0.6 is 11.6 Å². The molecular weight excluding hydrogens is 533 g/mol. The molecule has 40 heavy (non-hydrogen) atoms. The number of hydrogen-bond donors (Lipinski definition) is 3. The number of nitrogens with zero attached hydrogens (tertiary/aromatic N) is 2. The highest BCUT2D eigenvalue weighted by Crippen LogP contribution is 2.40. The van der Waals surface area contributed by atoms with Gasteiger partial charge in [0.15, 0.2) is 0 Å². The highest BCUT2D eigenvalue weighted by atomic mass is 35.5. The number of nitrogens with two attached hydrogens (primary N) is 1. The van der Waals surface area contributed by atoms with Gasteiger partial charge < -0.3 is 26.0 Å². The Labute approximate surface area is 238 Å². The van der Waals surface area contributed by atoms with Crippen molar-refractivity contribution in [1.82, 2.24) is 9.88 Å². The van der Waals surface area contributed by atoms with Gasteiger partial charge in [0.25, 0.3) is 0 Å². The lowest BCUT2D eigenvalue weighted by atomic mass is 9.79. The van der Waals surface area contributed by atoms with Gasteiger partial charge in [0, 0.05) is 43.2 Å². The van der Waals surface area contributed by atoms with E-state index in [-0.39, 0.29) is 24.8 Å². The molecule has 0 spiro atoms. The van der Waals surface area contributed by atoms with Crippen LogP contribution in [0.3, 0.4) is 0 Å². The number of carbonyl (C=O) groups is 2. The zero-order valence-corrected chi connectivity index (χ0v) is 23.0. The third-order valence-electron chi connectivity index (χ3n) is 7.83. The van der Waals surface area contributed by atoms with Crippen molar-refractivity contribution < 1.29 is 18.7 Å². The van der Waals surface area contributed by atoms with Crippen molar-refractivity contribution in [2.24, 2.45) is 11.7 Å². The quantitative estimate of drug-likeness (QED) is 0.316. The van der Waals surface area contributed by atoms with Crippen LogP contribution in [0.4, 0.5) is 20.6 Å². The number of urea groups is 1. The van der Waals surface area contributed by atoms with E-state index in [1.165, 1.54) is 30.9 Å². The van der Waals surface area contributed by atoms with E-state index in [9.17, 15) is 9.59 Å². The molecule has 210 valence electrons. The van der Waals surface area contributed by atoms with Crippen LogP contribution in [0, 0.1) is 11.7 Å². The predicted octanol–water partition coefficient (Wildman–Crippen LogP) is 5.53. The summed E-state index contributed by atoms with van der Waals surface area (Å²) in [6.07, 6.45) is 7.34. The number of halogens is 2. The molecule has 1 aliphatic carbocycles. The van der Waals surface area contributed by atoms with Gasteiger partial charge in [0.1, 0.15) is 11.9 Å². The smallest absolute Gasteiger partial charge is 0.322 e. The van der Waals surface area contributed by atoms with Crippen molar-refractivity contribution in [2.75, 3.05) is 24.3 Å². The molecule has 1 saturated carbocycles. The first-order chi connectivity index (χ1) is 19.3. The molecule has 1 aliphatic heterocycles. The molecule has 3 aromatic rings. The summed E-state index contributed by atoms with van der Waals surface area (Å²) >= 11 is 5.94. The minimum absolute atomic E-state index is 0.0109. The summed E-state index contributed by atoms with van der Waals surface area (Å²) in [5.41, 5.74) is 8.25. The molecule has 2 fully saturated rings. The van der Waals surface area contributed by atoms with Crippen LogP contribution in [-0.2, 0) is 15.1 Å². The second-order valence-corrected chi connectivity index (χ2v) is 11.0. The molecule has 0 bridgehead atoms. The number of nitrogens with one attached hydrogen (secondary N) is 2. The first kappa shape index (κ1) is 28.0. The van der Waals surface area contributed by atoms with Crippen LogP contribution in [0.25, 0.3) is 0 Å². The van der Waals surface area contributed by atoms with Gasteiger partial charge in [-0.05, 0) is 78.4 Å². The van der Waals surface area contributed by atoms with Crippen LogP contribution < -0.4 is 16.4 Å². The van der Waals surface area contributed by atoms with E-state index in [1.54, 1.807) is 48.8 Å². The molecule has 5 rings (SSSR count). The molecule has 8 nitrogen and oxygen atoms in total. The number of amides is 3. The Morgan fingerprint density at radius 1 is 1.10 bits per heavy atom. The summed E-state index contributed by atoms with van der Waals surface area (Å²) < 4.78 is 20.5. The number of ether oxygens (including phenoxy) is 1. The van der Waals surface area contributed by atoms with Crippen molar-refractivity contribution in [3.63, 3.8) is 0 Å². The minimum atomic E-state index is -0.877. The number of hydrogen-bond acceptors (Lipinski definition) is 5. The third kappa shape index (κ3) is 6.27. The number of likely N-dealkylation sites (tertiary alicyclic amines) is 1. The molecular formula is C30H33ClFN5O3. The molecule has 10 heteroatoms. The van der Waals surface area contributed by atoms with Gasteiger partial charge in [-0.15, -0.1) is 0 Å². The number of methoxy groups -OCH3 is 1. The lowest BCUT2D eigenvalue weighted by molar-refractivity contribution is -0.119. The predicted molar refractivity (Wildman–Crippen MR) is 153 cm³/mol. The van der Waals surface area contributed by atoms with E-state index in [0.717, 1.165) is 12.0 Å². The lowest BCUT2D eigenvalue weighted by Crippen LogP contribution is -2.45. The van der Waals surface area contributed by atoms with Crippen LogP contribution in [0.15, 0.2) is 67.0 Å². The van der Waals surface area contributed by atoms with E-state index in [2.05, 4.69) is 15.6 Å². The fourth-order valence-electron chi connectivity index (χ4n) is 5.23. The first-order valence-electron chi connectivity index (χ1n) is 13.4. The molecule has 1 saturated heterocycles. The summed E-state index contributed by atoms with van der Waals surface area (Å²) in [4.78, 5) is 32.1. The Bertz CT molecular complexity index is 1360. The van der Waals surface area contributed by atoms with Crippen LogP contribution in [-0.4, -0.2) is 47.6 Å². The van der Waals surface area contributed by atoms with Gasteiger partial charge in [-0.2, -0.15) is 0 Å². The van der Waals surface area contributed by atoms with Crippen molar-refractivity contribution >= 4 is 34.9 Å². The summed E-state index contributed by atoms with van der Waals surface area (Å²) in [7, 11) is 1.53. The van der Waals surface area contributed by atoms with Crippen molar-refractivity contribution in [3.8, 4) is 0 Å². The van der Waals surface area contributed by atoms with E-state index in [4.69, 9.17) is 22.1 Å². The third-order valence-corrected chi connectivity index (χ3v) is 8.09. The second kappa shape index (κ2) is 11.9. The van der Waals surface area contributed by atoms with Gasteiger partial charge in [-0.3, -0.25) is 9.78 Å². The highest BCUT2D eigenvalue weighted by molar-refractivity contribution is 6.30. The number of anilines is 2. The van der Waals surface area contributed by atoms with Gasteiger partial charge in [0.2, 0.25) is 5.91 Å². The molecule has 2 heterocycles. The standard InChI is InChI=1S/C30H33ClFN5O3/c1-40-24-17-27(37(18-24)29(39)35-23-7-5-22(31)6-8-23)28(38)36-26-16-21(4-9-25(26)32)30(33,13-10-19-2-3-19)20-11-14-34-15-12-20/h4-9,11-12,14-16,19,24,27H,2-3,10,13,17-18,33H2,1H3,(H,35,39)(H,36,38)/t24-,27-,30?/m1/s1. The van der Waals surface area contributed by atoms with Crippen LogP contribution in [0.1, 0.15) is 43.2 Å². The van der Waals surface area contributed by atoms with Gasteiger partial charge in [-0.1, -0.05) is 30.5 Å². The van der Waals surface area contributed by atoms with Gasteiger partial charge in [0.05, 0.1) is 17.3 Å². The zero-order valence-electron chi connectivity index (χ0n) is 22.3. The minimum Gasteiger partial charge on any atom is -0.380 e. The fourth-order valence-corrected chi connectivity index (χ4v) is 5.35. The Balaban J connectivity index is 1.37. The maximum atomic E-state index is 15.1. The van der Waals surface area contributed by atoms with Gasteiger partial charge >= 0.3 is 6.03 Å². The monoisotopic (exact) mass is 565 g/mol. The number of benzene rings is 2. The molecule has 2 aliphatic rings. The van der Waals surface area contributed by atoms with Crippen molar-refractivity contribution in [1.29, 1.82) is 0 Å². The topological polar surface area (TPSA) is 110 Å². The van der Waals surface area contributed by atoms with Crippen LogP contribution in [0.2, 0.25) is 5.02 Å².